The largest absolute Gasteiger partial charge is 0.309 e. The highest BCUT2D eigenvalue weighted by molar-refractivity contribution is 7.12. The molecule has 2 rings (SSSR count). The van der Waals surface area contributed by atoms with Gasteiger partial charge in [-0.3, -0.25) is 0 Å². The van der Waals surface area contributed by atoms with Gasteiger partial charge in [-0.1, -0.05) is 13.3 Å². The van der Waals surface area contributed by atoms with Crippen LogP contribution in [0, 0.1) is 19.8 Å². The summed E-state index contributed by atoms with van der Waals surface area (Å²) in [6.45, 7) is 7.88. The van der Waals surface area contributed by atoms with Crippen molar-refractivity contribution in [1.82, 2.24) is 5.32 Å². The van der Waals surface area contributed by atoms with Gasteiger partial charge < -0.3 is 5.32 Å². The molecule has 1 aliphatic rings. The Morgan fingerprint density at radius 2 is 2.19 bits per heavy atom. The Balaban J connectivity index is 2.13. The molecule has 1 heterocycles. The van der Waals surface area contributed by atoms with E-state index in [4.69, 9.17) is 0 Å². The molecule has 0 bridgehead atoms. The monoisotopic (exact) mass is 237 g/mol. The molecular weight excluding hydrogens is 214 g/mol. The molecule has 1 aromatic heterocycles. The Morgan fingerprint density at radius 3 is 2.62 bits per heavy atom. The summed E-state index contributed by atoms with van der Waals surface area (Å²) in [5.74, 6) is 0.892. The third-order valence-electron chi connectivity index (χ3n) is 3.60. The van der Waals surface area contributed by atoms with Crippen LogP contribution >= 0.6 is 11.3 Å². The van der Waals surface area contributed by atoms with E-state index in [9.17, 15) is 0 Å². The summed E-state index contributed by atoms with van der Waals surface area (Å²) in [6, 6.07) is 2.96. The van der Waals surface area contributed by atoms with Crippen molar-refractivity contribution in [3.05, 3.63) is 21.4 Å². The van der Waals surface area contributed by atoms with Crippen molar-refractivity contribution in [2.24, 2.45) is 5.92 Å². The van der Waals surface area contributed by atoms with Gasteiger partial charge in [-0.25, -0.2) is 0 Å². The molecule has 0 spiro atoms. The summed E-state index contributed by atoms with van der Waals surface area (Å²) in [7, 11) is 0. The maximum atomic E-state index is 3.75. The average molecular weight is 237 g/mol. The van der Waals surface area contributed by atoms with Crippen LogP contribution in [0.3, 0.4) is 0 Å². The topological polar surface area (TPSA) is 12.0 Å². The number of hydrogen-bond acceptors (Lipinski definition) is 2. The van der Waals surface area contributed by atoms with E-state index in [-0.39, 0.29) is 0 Å². The molecular formula is C14H23NS. The summed E-state index contributed by atoms with van der Waals surface area (Å²) < 4.78 is 0. The highest BCUT2D eigenvalue weighted by Gasteiger charge is 2.29. The number of thiophene rings is 1. The maximum absolute atomic E-state index is 3.75. The predicted octanol–water partition coefficient (Wildman–Crippen LogP) is 4.21. The molecule has 0 aromatic carbocycles. The van der Waals surface area contributed by atoms with E-state index in [1.165, 1.54) is 36.1 Å². The van der Waals surface area contributed by atoms with Crippen LogP contribution in [0.2, 0.25) is 0 Å². The fourth-order valence-electron chi connectivity index (χ4n) is 2.51. The zero-order valence-corrected chi connectivity index (χ0v) is 11.5. The van der Waals surface area contributed by atoms with Crippen LogP contribution < -0.4 is 5.32 Å². The highest BCUT2D eigenvalue weighted by Crippen LogP contribution is 2.41. The van der Waals surface area contributed by atoms with Crippen LogP contribution in [0.1, 0.15) is 54.0 Å². The fourth-order valence-corrected chi connectivity index (χ4v) is 3.72. The first-order valence-electron chi connectivity index (χ1n) is 6.52. The number of nitrogens with one attached hydrogen (secondary N) is 1. The quantitative estimate of drug-likeness (QED) is 0.809. The molecule has 1 saturated carbocycles. The van der Waals surface area contributed by atoms with Crippen LogP contribution in [0.4, 0.5) is 0 Å². The first-order valence-corrected chi connectivity index (χ1v) is 7.34. The van der Waals surface area contributed by atoms with Crippen molar-refractivity contribution in [2.75, 3.05) is 6.54 Å². The molecule has 2 heteroatoms. The van der Waals surface area contributed by atoms with E-state index in [2.05, 4.69) is 32.2 Å². The van der Waals surface area contributed by atoms with Gasteiger partial charge in [-0.05, 0) is 57.2 Å². The fraction of sp³-hybridized carbons (Fsp3) is 0.714. The third kappa shape index (κ3) is 2.49. The lowest BCUT2D eigenvalue weighted by atomic mass is 9.78. The highest BCUT2D eigenvalue weighted by atomic mass is 32.1. The molecule has 1 nitrogen and oxygen atoms in total. The summed E-state index contributed by atoms with van der Waals surface area (Å²) >= 11 is 1.99. The Morgan fingerprint density at radius 1 is 1.44 bits per heavy atom. The van der Waals surface area contributed by atoms with E-state index in [0.717, 1.165) is 12.5 Å². The second-order valence-electron chi connectivity index (χ2n) is 5.03. The van der Waals surface area contributed by atoms with Crippen molar-refractivity contribution in [3.63, 3.8) is 0 Å². The van der Waals surface area contributed by atoms with Gasteiger partial charge in [0.25, 0.3) is 0 Å². The molecule has 16 heavy (non-hydrogen) atoms. The van der Waals surface area contributed by atoms with Gasteiger partial charge in [0.1, 0.15) is 0 Å². The summed E-state index contributed by atoms with van der Waals surface area (Å²) in [6.07, 6.45) is 5.49. The number of rotatable bonds is 5. The van der Waals surface area contributed by atoms with E-state index in [0.29, 0.717) is 6.04 Å². The van der Waals surface area contributed by atoms with Crippen LogP contribution in [-0.4, -0.2) is 6.54 Å². The standard InChI is InChI=1S/C14H23NS/c1-4-8-15-13(12-6-5-7-12)14-10(2)9-11(3)16-14/h9,12-13,15H,4-8H2,1-3H3. The molecule has 0 aliphatic heterocycles. The lowest BCUT2D eigenvalue weighted by Crippen LogP contribution is -2.32. The minimum absolute atomic E-state index is 0.632. The first-order chi connectivity index (χ1) is 7.72. The lowest BCUT2D eigenvalue weighted by molar-refractivity contribution is 0.233. The molecule has 1 unspecified atom stereocenters. The molecule has 0 amide bonds. The molecule has 1 aromatic rings. The van der Waals surface area contributed by atoms with Crippen molar-refractivity contribution >= 4 is 11.3 Å². The minimum Gasteiger partial charge on any atom is -0.309 e. The molecule has 1 N–H and O–H groups in total. The van der Waals surface area contributed by atoms with Crippen LogP contribution in [0.15, 0.2) is 6.07 Å². The van der Waals surface area contributed by atoms with Crippen LogP contribution in [0.25, 0.3) is 0 Å². The zero-order chi connectivity index (χ0) is 11.5. The third-order valence-corrected chi connectivity index (χ3v) is 4.83. The molecule has 1 atom stereocenters. The van der Waals surface area contributed by atoms with E-state index >= 15 is 0 Å². The molecule has 90 valence electrons. The van der Waals surface area contributed by atoms with Crippen molar-refractivity contribution < 1.29 is 0 Å². The average Bonchev–Trinajstić information content (AvgIpc) is 2.49. The molecule has 0 radical (unpaired) electrons. The van der Waals surface area contributed by atoms with Crippen molar-refractivity contribution in [2.45, 2.75) is 52.5 Å². The van der Waals surface area contributed by atoms with Gasteiger partial charge in [0, 0.05) is 15.8 Å². The zero-order valence-electron chi connectivity index (χ0n) is 10.7. The number of hydrogen-bond donors (Lipinski definition) is 1. The van der Waals surface area contributed by atoms with E-state index in [1.54, 1.807) is 4.88 Å². The second-order valence-corrected chi connectivity index (χ2v) is 6.31. The predicted molar refractivity (Wildman–Crippen MR) is 72.2 cm³/mol. The summed E-state index contributed by atoms with van der Waals surface area (Å²) in [5, 5.41) is 3.75. The molecule has 1 aliphatic carbocycles. The second kappa shape index (κ2) is 5.33. The van der Waals surface area contributed by atoms with Gasteiger partial charge in [-0.15, -0.1) is 11.3 Å². The van der Waals surface area contributed by atoms with Gasteiger partial charge >= 0.3 is 0 Å². The maximum Gasteiger partial charge on any atom is 0.0446 e. The van der Waals surface area contributed by atoms with Crippen molar-refractivity contribution in [3.8, 4) is 0 Å². The molecule has 0 saturated heterocycles. The Kier molecular flexibility index (Phi) is 4.04. The van der Waals surface area contributed by atoms with Gasteiger partial charge in [-0.2, -0.15) is 0 Å². The van der Waals surface area contributed by atoms with E-state index < -0.39 is 0 Å². The summed E-state index contributed by atoms with van der Waals surface area (Å²) in [5.41, 5.74) is 1.49. The normalized spacial score (nSPS) is 18.4. The van der Waals surface area contributed by atoms with Gasteiger partial charge in [0.05, 0.1) is 0 Å². The van der Waals surface area contributed by atoms with Crippen LogP contribution in [-0.2, 0) is 0 Å². The Bertz CT molecular complexity index is 339. The SMILES string of the molecule is CCCNC(c1sc(C)cc1C)C1CCC1. The first kappa shape index (κ1) is 12.1. The Hall–Kier alpha value is -0.340. The summed E-state index contributed by atoms with van der Waals surface area (Å²) in [4.78, 5) is 3.05. The van der Waals surface area contributed by atoms with Crippen molar-refractivity contribution in [1.29, 1.82) is 0 Å². The van der Waals surface area contributed by atoms with Gasteiger partial charge in [0.15, 0.2) is 0 Å². The van der Waals surface area contributed by atoms with Crippen LogP contribution in [0.5, 0.6) is 0 Å². The van der Waals surface area contributed by atoms with Gasteiger partial charge in [0.2, 0.25) is 0 Å². The Labute approximate surface area is 103 Å². The minimum atomic E-state index is 0.632. The lowest BCUT2D eigenvalue weighted by Gasteiger charge is -2.34. The smallest absolute Gasteiger partial charge is 0.0446 e. The number of aryl methyl sites for hydroxylation is 2. The van der Waals surface area contributed by atoms with E-state index in [1.807, 2.05) is 11.3 Å². The molecule has 1 fully saturated rings.